The normalized spacial score (nSPS) is 12.1. The molecular formula is C5H11N3. The van der Waals surface area contributed by atoms with E-state index in [1.54, 1.807) is 0 Å². The van der Waals surface area contributed by atoms with E-state index in [0.717, 1.165) is 0 Å². The molecule has 0 aromatic heterocycles. The Balaban J connectivity index is 3.91. The Morgan fingerprint density at radius 3 is 2.12 bits per heavy atom. The minimum Gasteiger partial charge on any atom is -0.322 e. The first-order valence-corrected chi connectivity index (χ1v) is 2.47. The van der Waals surface area contributed by atoms with Crippen LogP contribution in [0.5, 0.6) is 0 Å². The zero-order chi connectivity index (χ0) is 6.57. The summed E-state index contributed by atoms with van der Waals surface area (Å²) in [5, 5.41) is 3.39. The number of rotatable bonds is 1. The molecule has 0 aromatic rings. The zero-order valence-corrected chi connectivity index (χ0v) is 5.26. The van der Waals surface area contributed by atoms with Crippen LogP contribution < -0.4 is 5.84 Å². The van der Waals surface area contributed by atoms with Gasteiger partial charge < -0.3 is 5.84 Å². The van der Waals surface area contributed by atoms with Gasteiger partial charge in [0.15, 0.2) is 0 Å². The van der Waals surface area contributed by atoms with Crippen molar-refractivity contribution in [2.75, 3.05) is 0 Å². The maximum absolute atomic E-state index is 4.94. The van der Waals surface area contributed by atoms with E-state index in [2.05, 4.69) is 16.8 Å². The van der Waals surface area contributed by atoms with Crippen LogP contribution in [-0.4, -0.2) is 12.6 Å². The lowest BCUT2D eigenvalue weighted by Gasteiger charge is -1.98. The Bertz CT molecular complexity index is 104. The van der Waals surface area contributed by atoms with Gasteiger partial charge in [-0.1, -0.05) is 13.8 Å². The zero-order valence-electron chi connectivity index (χ0n) is 5.26. The second kappa shape index (κ2) is 3.18. The third-order valence-electron chi connectivity index (χ3n) is 0.811. The van der Waals surface area contributed by atoms with Crippen LogP contribution in [0.1, 0.15) is 13.8 Å². The van der Waals surface area contributed by atoms with Gasteiger partial charge in [-0.3, -0.25) is 0 Å². The molecule has 8 heavy (non-hydrogen) atoms. The Hall–Kier alpha value is -0.860. The molecule has 0 amide bonds. The summed E-state index contributed by atoms with van der Waals surface area (Å²) in [5.74, 6) is 5.82. The predicted octanol–water partition coefficient (Wildman–Crippen LogP) is 0.615. The number of nitrogens with zero attached hydrogens (tertiary/aromatic N) is 2. The highest BCUT2D eigenvalue weighted by molar-refractivity contribution is 5.87. The minimum atomic E-state index is 0.275. The molecule has 3 heteroatoms. The van der Waals surface area contributed by atoms with Crippen molar-refractivity contribution in [2.45, 2.75) is 13.8 Å². The van der Waals surface area contributed by atoms with Gasteiger partial charge in [0, 0.05) is 5.92 Å². The second-order valence-corrected chi connectivity index (χ2v) is 1.80. The molecule has 3 nitrogen and oxygen atoms in total. The molecule has 0 rings (SSSR count). The van der Waals surface area contributed by atoms with E-state index in [1.165, 1.54) is 0 Å². The largest absolute Gasteiger partial charge is 0.322 e. The highest BCUT2D eigenvalue weighted by Crippen LogP contribution is 1.94. The van der Waals surface area contributed by atoms with Crippen molar-refractivity contribution in [3.05, 3.63) is 0 Å². The van der Waals surface area contributed by atoms with Crippen LogP contribution in [0, 0.1) is 5.92 Å². The van der Waals surface area contributed by atoms with Crippen LogP contribution in [0.3, 0.4) is 0 Å². The lowest BCUT2D eigenvalue weighted by Crippen LogP contribution is -2.05. The van der Waals surface area contributed by atoms with Gasteiger partial charge in [-0.15, -0.1) is 0 Å². The SMILES string of the molecule is C=N/C(=N/N)C(C)C. The second-order valence-electron chi connectivity index (χ2n) is 1.80. The van der Waals surface area contributed by atoms with Crippen molar-refractivity contribution in [1.82, 2.24) is 0 Å². The van der Waals surface area contributed by atoms with Crippen LogP contribution in [0.2, 0.25) is 0 Å². The van der Waals surface area contributed by atoms with E-state index >= 15 is 0 Å². The van der Waals surface area contributed by atoms with E-state index < -0.39 is 0 Å². The van der Waals surface area contributed by atoms with Gasteiger partial charge in [-0.2, -0.15) is 5.10 Å². The molecule has 0 unspecified atom stereocenters. The Morgan fingerprint density at radius 2 is 2.12 bits per heavy atom. The quantitative estimate of drug-likeness (QED) is 0.230. The number of amidine groups is 1. The number of hydrogen-bond acceptors (Lipinski definition) is 2. The molecule has 0 radical (unpaired) electrons. The van der Waals surface area contributed by atoms with Crippen molar-refractivity contribution >= 4 is 12.6 Å². The van der Waals surface area contributed by atoms with Crippen molar-refractivity contribution in [3.63, 3.8) is 0 Å². The topological polar surface area (TPSA) is 50.7 Å². The molecular weight excluding hydrogens is 102 g/mol. The average molecular weight is 113 g/mol. The van der Waals surface area contributed by atoms with Crippen LogP contribution >= 0.6 is 0 Å². The lowest BCUT2D eigenvalue weighted by molar-refractivity contribution is 0.864. The molecule has 0 saturated heterocycles. The molecule has 0 aromatic carbocycles. The molecule has 0 fully saturated rings. The van der Waals surface area contributed by atoms with Crippen LogP contribution in [-0.2, 0) is 0 Å². The summed E-state index contributed by atoms with van der Waals surface area (Å²) in [6.45, 7) is 7.21. The summed E-state index contributed by atoms with van der Waals surface area (Å²) >= 11 is 0. The summed E-state index contributed by atoms with van der Waals surface area (Å²) < 4.78 is 0. The van der Waals surface area contributed by atoms with Crippen molar-refractivity contribution in [1.29, 1.82) is 0 Å². The molecule has 0 aliphatic rings. The molecule has 0 bridgehead atoms. The molecule has 0 atom stereocenters. The fourth-order valence-corrected chi connectivity index (χ4v) is 0.372. The minimum absolute atomic E-state index is 0.275. The number of aliphatic imine (C=N–C) groups is 1. The van der Waals surface area contributed by atoms with Gasteiger partial charge in [0.25, 0.3) is 0 Å². The van der Waals surface area contributed by atoms with Crippen molar-refractivity contribution in [2.24, 2.45) is 21.9 Å². The first kappa shape index (κ1) is 7.14. The Kier molecular flexibility index (Phi) is 2.84. The van der Waals surface area contributed by atoms with E-state index in [9.17, 15) is 0 Å². The van der Waals surface area contributed by atoms with E-state index in [1.807, 2.05) is 13.8 Å². The van der Waals surface area contributed by atoms with Gasteiger partial charge in [0.05, 0.1) is 0 Å². The Labute approximate surface area is 49.3 Å². The summed E-state index contributed by atoms with van der Waals surface area (Å²) in [7, 11) is 0. The van der Waals surface area contributed by atoms with Gasteiger partial charge >= 0.3 is 0 Å². The van der Waals surface area contributed by atoms with Crippen LogP contribution in [0.4, 0.5) is 0 Å². The van der Waals surface area contributed by atoms with Gasteiger partial charge in [0.1, 0.15) is 5.84 Å². The standard InChI is InChI=1S/C5H11N3/c1-4(2)5(7-3)8-6/h4H,3,6H2,1-2H3/b8-5+. The van der Waals surface area contributed by atoms with Crippen molar-refractivity contribution in [3.8, 4) is 0 Å². The maximum Gasteiger partial charge on any atom is 0.149 e. The Morgan fingerprint density at radius 1 is 1.62 bits per heavy atom. The van der Waals surface area contributed by atoms with Gasteiger partial charge in [0.2, 0.25) is 0 Å². The first-order valence-electron chi connectivity index (χ1n) is 2.47. The highest BCUT2D eigenvalue weighted by Gasteiger charge is 1.98. The molecule has 0 heterocycles. The first-order chi connectivity index (χ1) is 3.72. The molecule has 0 spiro atoms. The average Bonchev–Trinajstić information content (AvgIpc) is 1.69. The van der Waals surface area contributed by atoms with E-state index in [-0.39, 0.29) is 5.92 Å². The predicted molar refractivity (Wildman–Crippen MR) is 36.0 cm³/mol. The number of hydrazone groups is 1. The maximum atomic E-state index is 4.94. The molecule has 0 aliphatic carbocycles. The molecule has 46 valence electrons. The monoisotopic (exact) mass is 113 g/mol. The number of nitrogens with two attached hydrogens (primary N) is 1. The third-order valence-corrected chi connectivity index (χ3v) is 0.811. The summed E-state index contributed by atoms with van der Waals surface area (Å²) in [5.41, 5.74) is 0. The highest BCUT2D eigenvalue weighted by atomic mass is 15.2. The summed E-state index contributed by atoms with van der Waals surface area (Å²) in [6.07, 6.45) is 0. The van der Waals surface area contributed by atoms with E-state index in [0.29, 0.717) is 5.84 Å². The lowest BCUT2D eigenvalue weighted by atomic mass is 10.2. The summed E-state index contributed by atoms with van der Waals surface area (Å²) in [6, 6.07) is 0. The fraction of sp³-hybridized carbons (Fsp3) is 0.600. The summed E-state index contributed by atoms with van der Waals surface area (Å²) in [4.78, 5) is 3.58. The molecule has 0 aliphatic heterocycles. The van der Waals surface area contributed by atoms with Gasteiger partial charge in [-0.05, 0) is 6.72 Å². The van der Waals surface area contributed by atoms with Crippen molar-refractivity contribution < 1.29 is 0 Å². The van der Waals surface area contributed by atoms with E-state index in [4.69, 9.17) is 5.84 Å². The molecule has 0 saturated carbocycles. The molecule has 2 N–H and O–H groups in total. The van der Waals surface area contributed by atoms with Gasteiger partial charge in [-0.25, -0.2) is 4.99 Å². The van der Waals surface area contributed by atoms with Crippen LogP contribution in [0.15, 0.2) is 10.1 Å². The smallest absolute Gasteiger partial charge is 0.149 e. The van der Waals surface area contributed by atoms with Crippen LogP contribution in [0.25, 0.3) is 0 Å². The fourth-order valence-electron chi connectivity index (χ4n) is 0.372. The number of hydrogen-bond donors (Lipinski definition) is 1. The third kappa shape index (κ3) is 1.73.